The monoisotopic (exact) mass is 405 g/mol. The lowest BCUT2D eigenvalue weighted by atomic mass is 10.2. The van der Waals surface area contributed by atoms with Crippen LogP contribution in [0.5, 0.6) is 0 Å². The molecule has 1 saturated heterocycles. The van der Waals surface area contributed by atoms with E-state index in [-0.39, 0.29) is 5.91 Å². The quantitative estimate of drug-likeness (QED) is 0.646. The van der Waals surface area contributed by atoms with E-state index in [1.54, 1.807) is 12.1 Å². The van der Waals surface area contributed by atoms with Crippen molar-refractivity contribution in [1.29, 1.82) is 0 Å². The van der Waals surface area contributed by atoms with Crippen LogP contribution in [0.4, 0.5) is 0 Å². The molecule has 1 N–H and O–H groups in total. The Morgan fingerprint density at radius 1 is 1.14 bits per heavy atom. The number of piperazine rings is 1. The first kappa shape index (κ1) is 20.8. The number of nitrogens with zero attached hydrogens (tertiary/aromatic N) is 4. The number of likely N-dealkylation sites (N-methyl/N-ethyl adjacent to an activating group) is 1. The third-order valence-corrected chi connectivity index (χ3v) is 5.20. The molecular weight excluding hydrogens is 378 g/mol. The largest absolute Gasteiger partial charge is 0.421 e. The van der Waals surface area contributed by atoms with Crippen LogP contribution in [0, 0.1) is 0 Å². The lowest BCUT2D eigenvalue weighted by Gasteiger charge is -2.32. The minimum atomic E-state index is 0.0193. The Morgan fingerprint density at radius 3 is 2.64 bits per heavy atom. The molecule has 28 heavy (non-hydrogen) atoms. The van der Waals surface area contributed by atoms with Crippen LogP contribution in [0.25, 0.3) is 11.5 Å². The second kappa shape index (κ2) is 10.5. The van der Waals surface area contributed by atoms with Crippen molar-refractivity contribution in [3.8, 4) is 11.5 Å². The number of nitrogens with one attached hydrogen (secondary N) is 1. The zero-order valence-electron chi connectivity index (χ0n) is 16.4. The molecule has 8 heteroatoms. The summed E-state index contributed by atoms with van der Waals surface area (Å²) in [7, 11) is 2.17. The molecule has 0 bridgehead atoms. The Bertz CT molecular complexity index is 741. The van der Waals surface area contributed by atoms with E-state index >= 15 is 0 Å². The van der Waals surface area contributed by atoms with Crippen molar-refractivity contribution >= 4 is 17.5 Å². The van der Waals surface area contributed by atoms with Crippen molar-refractivity contribution in [3.63, 3.8) is 0 Å². The molecule has 0 spiro atoms. The van der Waals surface area contributed by atoms with Crippen LogP contribution in [0.15, 0.2) is 28.7 Å². The predicted molar refractivity (Wildman–Crippen MR) is 109 cm³/mol. The predicted octanol–water partition coefficient (Wildman–Crippen LogP) is 2.47. The smallest absolute Gasteiger partial charge is 0.247 e. The van der Waals surface area contributed by atoms with Gasteiger partial charge in [0.05, 0.1) is 0 Å². The van der Waals surface area contributed by atoms with Gasteiger partial charge < -0.3 is 19.5 Å². The van der Waals surface area contributed by atoms with Crippen molar-refractivity contribution in [3.05, 3.63) is 35.2 Å². The summed E-state index contributed by atoms with van der Waals surface area (Å²) in [6.07, 6.45) is 2.89. The zero-order valence-corrected chi connectivity index (χ0v) is 17.1. The molecule has 0 saturated carbocycles. The van der Waals surface area contributed by atoms with Gasteiger partial charge in [-0.05, 0) is 50.7 Å². The summed E-state index contributed by atoms with van der Waals surface area (Å²) in [5.74, 6) is 0.928. The number of carbonyl (C=O) groups is 1. The van der Waals surface area contributed by atoms with Crippen molar-refractivity contribution in [2.75, 3.05) is 46.3 Å². The van der Waals surface area contributed by atoms with Crippen molar-refractivity contribution in [2.45, 2.75) is 25.7 Å². The highest BCUT2D eigenvalue weighted by molar-refractivity contribution is 6.30. The van der Waals surface area contributed by atoms with Crippen molar-refractivity contribution < 1.29 is 9.21 Å². The molecule has 1 aromatic heterocycles. The number of benzene rings is 1. The van der Waals surface area contributed by atoms with Gasteiger partial charge in [0.2, 0.25) is 17.7 Å². The van der Waals surface area contributed by atoms with E-state index in [2.05, 4.69) is 32.4 Å². The van der Waals surface area contributed by atoms with Crippen LogP contribution in [0.3, 0.4) is 0 Å². The van der Waals surface area contributed by atoms with E-state index in [0.717, 1.165) is 51.1 Å². The molecule has 1 fully saturated rings. The molecule has 1 aliphatic heterocycles. The van der Waals surface area contributed by atoms with E-state index in [9.17, 15) is 4.79 Å². The molecular formula is C20H28ClN5O2. The summed E-state index contributed by atoms with van der Waals surface area (Å²) >= 11 is 5.88. The molecule has 152 valence electrons. The van der Waals surface area contributed by atoms with Crippen molar-refractivity contribution in [1.82, 2.24) is 25.3 Å². The Morgan fingerprint density at radius 2 is 1.89 bits per heavy atom. The van der Waals surface area contributed by atoms with Crippen LogP contribution >= 0.6 is 11.6 Å². The summed E-state index contributed by atoms with van der Waals surface area (Å²) < 4.78 is 5.62. The van der Waals surface area contributed by atoms with E-state index in [1.807, 2.05) is 12.1 Å². The van der Waals surface area contributed by atoms with E-state index < -0.39 is 0 Å². The number of carbonyl (C=O) groups excluding carboxylic acids is 1. The molecule has 2 aromatic rings. The minimum absolute atomic E-state index is 0.0193. The van der Waals surface area contributed by atoms with Gasteiger partial charge >= 0.3 is 0 Å². The maximum absolute atomic E-state index is 12.0. The van der Waals surface area contributed by atoms with Gasteiger partial charge in [0, 0.05) is 56.2 Å². The van der Waals surface area contributed by atoms with Crippen LogP contribution < -0.4 is 5.32 Å². The third-order valence-electron chi connectivity index (χ3n) is 4.94. The number of amides is 1. The van der Waals surface area contributed by atoms with Crippen LogP contribution in [0.2, 0.25) is 5.02 Å². The average molecular weight is 406 g/mol. The first-order valence-corrected chi connectivity index (χ1v) is 10.2. The van der Waals surface area contributed by atoms with Crippen molar-refractivity contribution in [2.24, 2.45) is 0 Å². The van der Waals surface area contributed by atoms with Gasteiger partial charge in [-0.25, -0.2) is 0 Å². The topological polar surface area (TPSA) is 74.5 Å². The number of aryl methyl sites for hydroxylation is 1. The Labute approximate surface area is 171 Å². The van der Waals surface area contributed by atoms with Crippen LogP contribution in [0.1, 0.15) is 25.2 Å². The van der Waals surface area contributed by atoms with Crippen LogP contribution in [-0.4, -0.2) is 72.2 Å². The molecule has 2 heterocycles. The lowest BCUT2D eigenvalue weighted by Crippen LogP contribution is -2.44. The summed E-state index contributed by atoms with van der Waals surface area (Å²) in [6, 6.07) is 7.21. The first-order chi connectivity index (χ1) is 13.6. The standard InChI is InChI=1S/C20H28ClN5O2/c1-25-12-14-26(15-13-25)11-3-2-10-22-18(27)8-9-19-23-24-20(28-19)16-4-6-17(21)7-5-16/h4-7H,2-3,8-15H2,1H3,(H,22,27). The highest BCUT2D eigenvalue weighted by Gasteiger charge is 2.13. The minimum Gasteiger partial charge on any atom is -0.421 e. The lowest BCUT2D eigenvalue weighted by molar-refractivity contribution is -0.121. The first-order valence-electron chi connectivity index (χ1n) is 9.86. The number of aromatic nitrogens is 2. The fraction of sp³-hybridized carbons (Fsp3) is 0.550. The van der Waals surface area contributed by atoms with Gasteiger partial charge in [0.1, 0.15) is 0 Å². The molecule has 0 radical (unpaired) electrons. The fourth-order valence-electron chi connectivity index (χ4n) is 3.13. The normalized spacial score (nSPS) is 15.6. The van der Waals surface area contributed by atoms with Crippen LogP contribution in [-0.2, 0) is 11.2 Å². The summed E-state index contributed by atoms with van der Waals surface area (Å²) in [4.78, 5) is 16.9. The Hall–Kier alpha value is -1.96. The van der Waals surface area contributed by atoms with Gasteiger partial charge in [0.15, 0.2) is 0 Å². The summed E-state index contributed by atoms with van der Waals surface area (Å²) in [6.45, 7) is 6.40. The number of hydrogen-bond acceptors (Lipinski definition) is 6. The molecule has 1 amide bonds. The van der Waals surface area contributed by atoms with E-state index in [4.69, 9.17) is 16.0 Å². The summed E-state index contributed by atoms with van der Waals surface area (Å²) in [5, 5.41) is 11.7. The Balaban J connectivity index is 1.29. The Kier molecular flexibility index (Phi) is 7.82. The number of unbranched alkanes of at least 4 members (excludes halogenated alkanes) is 1. The molecule has 0 atom stereocenters. The van der Waals surface area contributed by atoms with E-state index in [0.29, 0.717) is 36.2 Å². The summed E-state index contributed by atoms with van der Waals surface area (Å²) in [5.41, 5.74) is 0.813. The number of rotatable bonds is 9. The molecule has 3 rings (SSSR count). The molecule has 1 aliphatic rings. The molecule has 7 nitrogen and oxygen atoms in total. The van der Waals surface area contributed by atoms with Gasteiger partial charge in [-0.15, -0.1) is 10.2 Å². The SMILES string of the molecule is CN1CCN(CCCCNC(=O)CCc2nnc(-c3ccc(Cl)cc3)o2)CC1. The van der Waals surface area contributed by atoms with Gasteiger partial charge in [0.25, 0.3) is 0 Å². The second-order valence-electron chi connectivity index (χ2n) is 7.21. The van der Waals surface area contributed by atoms with E-state index in [1.165, 1.54) is 0 Å². The second-order valence-corrected chi connectivity index (χ2v) is 7.65. The molecule has 0 unspecified atom stereocenters. The maximum Gasteiger partial charge on any atom is 0.247 e. The highest BCUT2D eigenvalue weighted by Crippen LogP contribution is 2.20. The number of halogens is 1. The van der Waals surface area contributed by atoms with Gasteiger partial charge in [-0.3, -0.25) is 4.79 Å². The fourth-order valence-corrected chi connectivity index (χ4v) is 3.26. The average Bonchev–Trinajstić information content (AvgIpc) is 3.17. The third kappa shape index (κ3) is 6.58. The maximum atomic E-state index is 12.0. The zero-order chi connectivity index (χ0) is 19.8. The molecule has 0 aliphatic carbocycles. The van der Waals surface area contributed by atoms with Gasteiger partial charge in [-0.2, -0.15) is 0 Å². The van der Waals surface area contributed by atoms with Gasteiger partial charge in [-0.1, -0.05) is 11.6 Å². The number of hydrogen-bond donors (Lipinski definition) is 1. The highest BCUT2D eigenvalue weighted by atomic mass is 35.5. The molecule has 1 aromatic carbocycles.